The summed E-state index contributed by atoms with van der Waals surface area (Å²) in [6.07, 6.45) is 0. The van der Waals surface area contributed by atoms with Crippen molar-refractivity contribution in [1.82, 2.24) is 10.5 Å². The summed E-state index contributed by atoms with van der Waals surface area (Å²) < 4.78 is 30.6. The molecule has 1 aromatic heterocycles. The van der Waals surface area contributed by atoms with Crippen molar-refractivity contribution < 1.29 is 22.9 Å². The first-order chi connectivity index (χ1) is 10.4. The average Bonchev–Trinajstić information content (AvgIpc) is 2.80. The molecular formula is C14H13F2N3O3. The average molecular weight is 309 g/mol. The van der Waals surface area contributed by atoms with Crippen LogP contribution in [0.15, 0.2) is 22.7 Å². The summed E-state index contributed by atoms with van der Waals surface area (Å²) in [5.74, 6) is -2.82. The van der Waals surface area contributed by atoms with Gasteiger partial charge in [-0.15, -0.1) is 0 Å². The highest BCUT2D eigenvalue weighted by molar-refractivity contribution is 6.00. The Balaban J connectivity index is 1.93. The van der Waals surface area contributed by atoms with Crippen molar-refractivity contribution >= 4 is 17.5 Å². The molecule has 0 aliphatic heterocycles. The third kappa shape index (κ3) is 3.46. The quantitative estimate of drug-likeness (QED) is 0.904. The van der Waals surface area contributed by atoms with Gasteiger partial charge < -0.3 is 15.2 Å². The molecule has 116 valence electrons. The number of carbonyl (C=O) groups excluding carboxylic acids is 2. The van der Waals surface area contributed by atoms with E-state index in [2.05, 4.69) is 15.8 Å². The number of rotatable bonds is 4. The molecule has 0 saturated carbocycles. The number of amides is 2. The minimum absolute atomic E-state index is 0.0930. The molecule has 0 fully saturated rings. The van der Waals surface area contributed by atoms with E-state index >= 15 is 0 Å². The summed E-state index contributed by atoms with van der Waals surface area (Å²) in [6.45, 7) is 2.85. The molecule has 6 nitrogen and oxygen atoms in total. The zero-order valence-corrected chi connectivity index (χ0v) is 11.9. The van der Waals surface area contributed by atoms with E-state index in [0.29, 0.717) is 11.5 Å². The van der Waals surface area contributed by atoms with Gasteiger partial charge in [-0.1, -0.05) is 5.16 Å². The molecule has 0 unspecified atom stereocenters. The molecule has 1 aromatic carbocycles. The topological polar surface area (TPSA) is 84.2 Å². The van der Waals surface area contributed by atoms with Gasteiger partial charge >= 0.3 is 0 Å². The van der Waals surface area contributed by atoms with Gasteiger partial charge in [0.25, 0.3) is 5.91 Å². The molecular weight excluding hydrogens is 296 g/mol. The zero-order chi connectivity index (χ0) is 16.3. The zero-order valence-electron chi connectivity index (χ0n) is 11.9. The van der Waals surface area contributed by atoms with Gasteiger partial charge in [-0.2, -0.15) is 0 Å². The Morgan fingerprint density at radius 1 is 1.23 bits per heavy atom. The number of anilines is 1. The predicted octanol–water partition coefficient (Wildman–Crippen LogP) is 1.94. The van der Waals surface area contributed by atoms with Gasteiger partial charge in [-0.3, -0.25) is 9.59 Å². The Morgan fingerprint density at radius 3 is 2.55 bits per heavy atom. The molecule has 0 saturated heterocycles. The van der Waals surface area contributed by atoms with Crippen LogP contribution in [-0.4, -0.2) is 23.5 Å². The largest absolute Gasteiger partial charge is 0.361 e. The summed E-state index contributed by atoms with van der Waals surface area (Å²) in [7, 11) is 0. The van der Waals surface area contributed by atoms with Crippen molar-refractivity contribution in [2.75, 3.05) is 11.9 Å². The van der Waals surface area contributed by atoms with Crippen molar-refractivity contribution in [3.8, 4) is 0 Å². The van der Waals surface area contributed by atoms with E-state index in [9.17, 15) is 18.4 Å². The minimum atomic E-state index is -1.07. The van der Waals surface area contributed by atoms with Crippen LogP contribution in [0.4, 0.5) is 14.5 Å². The highest BCUT2D eigenvalue weighted by Crippen LogP contribution is 2.13. The highest BCUT2D eigenvalue weighted by Gasteiger charge is 2.18. The van der Waals surface area contributed by atoms with Crippen LogP contribution in [0, 0.1) is 25.5 Å². The molecule has 0 aliphatic carbocycles. The van der Waals surface area contributed by atoms with Gasteiger partial charge in [0.2, 0.25) is 5.91 Å². The van der Waals surface area contributed by atoms with E-state index in [1.54, 1.807) is 13.8 Å². The number of hydrogen-bond acceptors (Lipinski definition) is 4. The first-order valence-electron chi connectivity index (χ1n) is 6.34. The van der Waals surface area contributed by atoms with Gasteiger partial charge in [-0.25, -0.2) is 8.78 Å². The maximum atomic E-state index is 13.0. The van der Waals surface area contributed by atoms with E-state index in [1.807, 2.05) is 0 Å². The number of nitrogens with one attached hydrogen (secondary N) is 2. The van der Waals surface area contributed by atoms with Crippen molar-refractivity contribution in [3.63, 3.8) is 0 Å². The van der Waals surface area contributed by atoms with Gasteiger partial charge in [0.15, 0.2) is 11.6 Å². The molecule has 0 radical (unpaired) electrons. The minimum Gasteiger partial charge on any atom is -0.361 e. The lowest BCUT2D eigenvalue weighted by molar-refractivity contribution is -0.115. The Hall–Kier alpha value is -2.77. The molecule has 1 heterocycles. The fourth-order valence-electron chi connectivity index (χ4n) is 1.84. The molecule has 0 aliphatic rings. The number of nitrogens with zero attached hydrogens (tertiary/aromatic N) is 1. The summed E-state index contributed by atoms with van der Waals surface area (Å²) in [5, 5.41) is 8.37. The van der Waals surface area contributed by atoms with Gasteiger partial charge in [0.05, 0.1) is 12.2 Å². The lowest BCUT2D eigenvalue weighted by Crippen LogP contribution is -2.33. The van der Waals surface area contributed by atoms with Crippen LogP contribution in [0.25, 0.3) is 0 Å². The SMILES string of the molecule is Cc1noc(C)c1C(=O)NCC(=O)Nc1ccc(F)c(F)c1. The molecule has 22 heavy (non-hydrogen) atoms. The Labute approximate surface area is 124 Å². The third-order valence-electron chi connectivity index (χ3n) is 2.87. The van der Waals surface area contributed by atoms with Crippen LogP contribution in [0.1, 0.15) is 21.8 Å². The van der Waals surface area contributed by atoms with Crippen molar-refractivity contribution in [2.45, 2.75) is 13.8 Å². The van der Waals surface area contributed by atoms with Gasteiger partial charge in [0, 0.05) is 11.8 Å². The molecule has 2 N–H and O–H groups in total. The van der Waals surface area contributed by atoms with Crippen LogP contribution in [-0.2, 0) is 4.79 Å². The summed E-state index contributed by atoms with van der Waals surface area (Å²) in [4.78, 5) is 23.6. The van der Waals surface area contributed by atoms with E-state index in [4.69, 9.17) is 4.52 Å². The first-order valence-corrected chi connectivity index (χ1v) is 6.34. The van der Waals surface area contributed by atoms with E-state index < -0.39 is 23.4 Å². The van der Waals surface area contributed by atoms with Crippen LogP contribution in [0.5, 0.6) is 0 Å². The summed E-state index contributed by atoms with van der Waals surface area (Å²) >= 11 is 0. The fourth-order valence-corrected chi connectivity index (χ4v) is 1.84. The number of carbonyl (C=O) groups is 2. The van der Waals surface area contributed by atoms with Crippen LogP contribution >= 0.6 is 0 Å². The molecule has 0 bridgehead atoms. The third-order valence-corrected chi connectivity index (χ3v) is 2.87. The second-order valence-corrected chi connectivity index (χ2v) is 4.56. The van der Waals surface area contributed by atoms with Crippen LogP contribution < -0.4 is 10.6 Å². The van der Waals surface area contributed by atoms with Gasteiger partial charge in [0.1, 0.15) is 11.3 Å². The number of benzene rings is 1. The van der Waals surface area contributed by atoms with Crippen molar-refractivity contribution in [3.05, 3.63) is 46.9 Å². The Morgan fingerprint density at radius 2 is 1.95 bits per heavy atom. The van der Waals surface area contributed by atoms with Crippen molar-refractivity contribution in [1.29, 1.82) is 0 Å². The molecule has 2 amide bonds. The monoisotopic (exact) mass is 309 g/mol. The Kier molecular flexibility index (Phi) is 4.50. The molecule has 2 aromatic rings. The normalized spacial score (nSPS) is 10.4. The number of halogens is 2. The number of aromatic nitrogens is 1. The lowest BCUT2D eigenvalue weighted by Gasteiger charge is -2.07. The Bertz CT molecular complexity index is 709. The highest BCUT2D eigenvalue weighted by atomic mass is 19.2. The lowest BCUT2D eigenvalue weighted by atomic mass is 10.2. The first kappa shape index (κ1) is 15.6. The molecule has 8 heteroatoms. The predicted molar refractivity (Wildman–Crippen MR) is 73.3 cm³/mol. The van der Waals surface area contributed by atoms with Gasteiger partial charge in [-0.05, 0) is 26.0 Å². The second-order valence-electron chi connectivity index (χ2n) is 4.56. The fraction of sp³-hybridized carbons (Fsp3) is 0.214. The maximum absolute atomic E-state index is 13.0. The van der Waals surface area contributed by atoms with Crippen LogP contribution in [0.3, 0.4) is 0 Å². The molecule has 0 atom stereocenters. The number of aryl methyl sites for hydroxylation is 2. The van der Waals surface area contributed by atoms with E-state index in [1.165, 1.54) is 6.07 Å². The van der Waals surface area contributed by atoms with Crippen LogP contribution in [0.2, 0.25) is 0 Å². The van der Waals surface area contributed by atoms with E-state index in [-0.39, 0.29) is 17.8 Å². The maximum Gasteiger partial charge on any atom is 0.257 e. The second kappa shape index (κ2) is 6.33. The summed E-state index contributed by atoms with van der Waals surface area (Å²) in [5.41, 5.74) is 0.770. The van der Waals surface area contributed by atoms with Crippen molar-refractivity contribution in [2.24, 2.45) is 0 Å². The molecule has 2 rings (SSSR count). The standard InChI is InChI=1S/C14H13F2N3O3/c1-7-13(8(2)22-19-7)14(21)17-6-12(20)18-9-3-4-10(15)11(16)5-9/h3-5H,6H2,1-2H3,(H,17,21)(H,18,20). The molecule has 0 spiro atoms. The summed E-state index contributed by atoms with van der Waals surface area (Å²) in [6, 6.07) is 2.96. The number of hydrogen-bond donors (Lipinski definition) is 2. The smallest absolute Gasteiger partial charge is 0.257 e. The van der Waals surface area contributed by atoms with E-state index in [0.717, 1.165) is 12.1 Å².